The smallest absolute Gasteiger partial charge is 0.324 e. The summed E-state index contributed by atoms with van der Waals surface area (Å²) >= 11 is 0. The number of aryl methyl sites for hydroxylation is 1. The summed E-state index contributed by atoms with van der Waals surface area (Å²) in [7, 11) is 0. The van der Waals surface area contributed by atoms with Crippen LogP contribution in [0.4, 0.5) is 38.3 Å². The number of anilines is 5. The first-order valence-corrected chi connectivity index (χ1v) is 15.4. The van der Waals surface area contributed by atoms with E-state index < -0.39 is 11.9 Å². The van der Waals surface area contributed by atoms with E-state index in [1.54, 1.807) is 48.5 Å². The maximum atomic E-state index is 12.2. The molecular weight excluding hydrogens is 626 g/mol. The molecule has 5 amide bonds. The molecule has 13 heteroatoms. The Morgan fingerprint density at radius 3 is 1.41 bits per heavy atom. The number of rotatable bonds is 6. The van der Waals surface area contributed by atoms with Crippen molar-refractivity contribution in [1.29, 1.82) is 0 Å². The molecule has 0 radical (unpaired) electrons. The number of hydrogen-bond donors (Lipinski definition) is 6. The van der Waals surface area contributed by atoms with Gasteiger partial charge in [-0.2, -0.15) is 0 Å². The zero-order valence-electron chi connectivity index (χ0n) is 28.5. The van der Waals surface area contributed by atoms with Crippen LogP contribution in [0, 0.1) is 6.92 Å². The average Bonchev–Trinajstić information content (AvgIpc) is 3.70. The summed E-state index contributed by atoms with van der Waals surface area (Å²) in [6.45, 7) is 14.0. The van der Waals surface area contributed by atoms with Crippen LogP contribution in [0.25, 0.3) is 0 Å². The minimum absolute atomic E-state index is 0.0950. The standard InChI is InChI=1S/C21H22N4O4.C15H19N3O2/c1-21(2,3)17-12-18(25-29-17)24-20(28)23-14-10-8-13(9-11-14)22-19(27)15-6-4-5-7-16(15)26;1-10-5-7-11(8-6-10)16-14(19)17-13-9-12(20-18-13)15(2,3)4/h4-12,26H,1-3H3,(H,22,27)(H2,23,24,25,28);5-9H,1-4H3,(H2,16,17,18,19). The van der Waals surface area contributed by atoms with Crippen molar-refractivity contribution in [3.05, 3.63) is 108 Å². The number of hydrogen-bond acceptors (Lipinski definition) is 8. The number of aromatic hydroxyl groups is 1. The topological polar surface area (TPSA) is 184 Å². The molecule has 6 N–H and O–H groups in total. The van der Waals surface area contributed by atoms with Gasteiger partial charge < -0.3 is 30.1 Å². The van der Waals surface area contributed by atoms with Crippen molar-refractivity contribution in [2.75, 3.05) is 26.6 Å². The summed E-state index contributed by atoms with van der Waals surface area (Å²) in [6, 6.07) is 23.0. The fourth-order valence-electron chi connectivity index (χ4n) is 4.07. The van der Waals surface area contributed by atoms with Crippen LogP contribution >= 0.6 is 0 Å². The number of nitrogens with zero attached hydrogens (tertiary/aromatic N) is 2. The van der Waals surface area contributed by atoms with Crippen LogP contribution in [0.2, 0.25) is 0 Å². The van der Waals surface area contributed by atoms with Gasteiger partial charge in [-0.25, -0.2) is 9.59 Å². The van der Waals surface area contributed by atoms with Crippen LogP contribution in [-0.4, -0.2) is 33.4 Å². The average molecular weight is 668 g/mol. The van der Waals surface area contributed by atoms with Crippen molar-refractivity contribution >= 4 is 46.7 Å². The Labute approximate surface area is 284 Å². The molecule has 0 aliphatic rings. The summed E-state index contributed by atoms with van der Waals surface area (Å²) in [5.41, 5.74) is 2.75. The Kier molecular flexibility index (Phi) is 11.1. The van der Waals surface area contributed by atoms with Gasteiger partial charge in [0.05, 0.1) is 5.56 Å². The van der Waals surface area contributed by atoms with Gasteiger partial charge in [0.15, 0.2) is 11.6 Å². The quantitative estimate of drug-likeness (QED) is 0.104. The lowest BCUT2D eigenvalue weighted by Gasteiger charge is -2.12. The molecule has 0 aliphatic carbocycles. The lowest BCUT2D eigenvalue weighted by Crippen LogP contribution is -2.19. The van der Waals surface area contributed by atoms with Gasteiger partial charge in [-0.15, -0.1) is 0 Å². The monoisotopic (exact) mass is 667 g/mol. The Morgan fingerprint density at radius 2 is 1.00 bits per heavy atom. The second-order valence-corrected chi connectivity index (χ2v) is 13.2. The molecule has 0 saturated heterocycles. The van der Waals surface area contributed by atoms with Gasteiger partial charge in [-0.05, 0) is 55.5 Å². The van der Waals surface area contributed by atoms with Crippen molar-refractivity contribution in [3.63, 3.8) is 0 Å². The van der Waals surface area contributed by atoms with Crippen LogP contribution in [0.5, 0.6) is 5.75 Å². The first kappa shape index (κ1) is 35.7. The van der Waals surface area contributed by atoms with E-state index in [0.717, 1.165) is 17.0 Å². The molecule has 2 aromatic heterocycles. The summed E-state index contributed by atoms with van der Waals surface area (Å²) in [5.74, 6) is 1.59. The zero-order chi connectivity index (χ0) is 35.8. The minimum atomic E-state index is -0.468. The highest BCUT2D eigenvalue weighted by atomic mass is 16.5. The summed E-state index contributed by atoms with van der Waals surface area (Å²) in [4.78, 5) is 36.2. The fourth-order valence-corrected chi connectivity index (χ4v) is 4.07. The molecule has 0 atom stereocenters. The molecule has 0 fully saturated rings. The fraction of sp³-hybridized carbons (Fsp3) is 0.250. The lowest BCUT2D eigenvalue weighted by molar-refractivity contribution is 0.102. The van der Waals surface area contributed by atoms with E-state index in [9.17, 15) is 19.5 Å². The van der Waals surface area contributed by atoms with Gasteiger partial charge in [0.2, 0.25) is 0 Å². The number of carbonyl (C=O) groups excluding carboxylic acids is 3. The third kappa shape index (κ3) is 10.7. The van der Waals surface area contributed by atoms with Crippen LogP contribution in [-0.2, 0) is 10.8 Å². The van der Waals surface area contributed by atoms with E-state index in [4.69, 9.17) is 9.05 Å². The molecule has 256 valence electrons. The largest absolute Gasteiger partial charge is 0.507 e. The predicted octanol–water partition coefficient (Wildman–Crippen LogP) is 8.50. The molecule has 5 aromatic rings. The van der Waals surface area contributed by atoms with Crippen molar-refractivity contribution in [1.82, 2.24) is 10.3 Å². The highest BCUT2D eigenvalue weighted by Gasteiger charge is 2.21. The number of benzene rings is 3. The van der Waals surface area contributed by atoms with E-state index in [-0.39, 0.29) is 28.2 Å². The van der Waals surface area contributed by atoms with Crippen LogP contribution in [0.1, 0.15) is 69.0 Å². The van der Waals surface area contributed by atoms with Crippen LogP contribution in [0.15, 0.2) is 94.0 Å². The van der Waals surface area contributed by atoms with E-state index in [1.807, 2.05) is 72.7 Å². The third-order valence-corrected chi connectivity index (χ3v) is 6.84. The Hall–Kier alpha value is -6.11. The molecule has 0 saturated carbocycles. The van der Waals surface area contributed by atoms with Gasteiger partial charge in [-0.1, -0.05) is 81.7 Å². The molecule has 13 nitrogen and oxygen atoms in total. The molecule has 3 aromatic carbocycles. The van der Waals surface area contributed by atoms with Crippen molar-refractivity contribution in [2.24, 2.45) is 0 Å². The molecule has 2 heterocycles. The third-order valence-electron chi connectivity index (χ3n) is 6.84. The molecule has 0 aliphatic heterocycles. The number of amides is 5. The zero-order valence-corrected chi connectivity index (χ0v) is 28.5. The maximum absolute atomic E-state index is 12.2. The molecule has 5 rings (SSSR count). The first-order chi connectivity index (χ1) is 23.1. The molecule has 0 unspecified atom stereocenters. The summed E-state index contributed by atoms with van der Waals surface area (Å²) in [5, 5.41) is 30.7. The van der Waals surface area contributed by atoms with E-state index in [2.05, 4.69) is 36.9 Å². The number of aromatic nitrogens is 2. The highest BCUT2D eigenvalue weighted by Crippen LogP contribution is 2.26. The van der Waals surface area contributed by atoms with Gasteiger partial charge in [0.25, 0.3) is 5.91 Å². The van der Waals surface area contributed by atoms with Gasteiger partial charge >= 0.3 is 12.1 Å². The number of urea groups is 2. The SMILES string of the molecule is CC(C)(C)c1cc(NC(=O)Nc2ccc(NC(=O)c3ccccc3O)cc2)no1.Cc1ccc(NC(=O)Nc2cc(C(C)(C)C)on2)cc1. The number of carbonyl (C=O) groups is 3. The number of para-hydroxylation sites is 1. The summed E-state index contributed by atoms with van der Waals surface area (Å²) < 4.78 is 10.4. The molecule has 0 spiro atoms. The molecular formula is C36H41N7O6. The van der Waals surface area contributed by atoms with Crippen LogP contribution in [0.3, 0.4) is 0 Å². The Balaban J connectivity index is 0.000000237. The minimum Gasteiger partial charge on any atom is -0.507 e. The number of nitrogens with one attached hydrogen (secondary N) is 5. The number of phenols is 1. The Morgan fingerprint density at radius 1 is 0.592 bits per heavy atom. The molecule has 49 heavy (non-hydrogen) atoms. The maximum Gasteiger partial charge on any atom is 0.324 e. The summed E-state index contributed by atoms with van der Waals surface area (Å²) in [6.07, 6.45) is 0. The lowest BCUT2D eigenvalue weighted by atomic mass is 9.93. The number of phenolic OH excluding ortho intramolecular Hbond substituents is 1. The first-order valence-electron chi connectivity index (χ1n) is 15.4. The molecule has 0 bridgehead atoms. The van der Waals surface area contributed by atoms with Crippen molar-refractivity contribution in [3.8, 4) is 5.75 Å². The van der Waals surface area contributed by atoms with Crippen molar-refractivity contribution in [2.45, 2.75) is 59.3 Å². The van der Waals surface area contributed by atoms with E-state index in [0.29, 0.717) is 28.8 Å². The van der Waals surface area contributed by atoms with Gasteiger partial charge in [-0.3, -0.25) is 15.4 Å². The highest BCUT2D eigenvalue weighted by molar-refractivity contribution is 6.06. The Bertz CT molecular complexity index is 1880. The second-order valence-electron chi connectivity index (χ2n) is 13.2. The van der Waals surface area contributed by atoms with Gasteiger partial charge in [0.1, 0.15) is 17.3 Å². The van der Waals surface area contributed by atoms with E-state index in [1.165, 1.54) is 12.1 Å². The van der Waals surface area contributed by atoms with Crippen molar-refractivity contribution < 1.29 is 28.5 Å². The normalized spacial score (nSPS) is 11.1. The predicted molar refractivity (Wildman–Crippen MR) is 189 cm³/mol. The van der Waals surface area contributed by atoms with E-state index >= 15 is 0 Å². The second kappa shape index (κ2) is 15.2. The van der Waals surface area contributed by atoms with Gasteiger partial charge in [0, 0.05) is 40.0 Å². The van der Waals surface area contributed by atoms with Crippen LogP contribution < -0.4 is 26.6 Å².